The number of likely N-dealkylation sites (N-methyl/N-ethyl adjacent to an activating group) is 1. The van der Waals surface area contributed by atoms with Crippen molar-refractivity contribution in [1.82, 2.24) is 14.9 Å². The van der Waals surface area contributed by atoms with Crippen LogP contribution in [0.25, 0.3) is 0 Å². The van der Waals surface area contributed by atoms with Crippen molar-refractivity contribution >= 4 is 5.82 Å². The number of fused-ring (bicyclic) bond motifs is 2. The Morgan fingerprint density at radius 3 is 2.62 bits per heavy atom. The van der Waals surface area contributed by atoms with Gasteiger partial charge in [0, 0.05) is 24.6 Å². The maximum absolute atomic E-state index is 11.3. The normalized spacial score (nSPS) is 24.1. The van der Waals surface area contributed by atoms with Crippen LogP contribution in [0.4, 0.5) is 5.82 Å². The van der Waals surface area contributed by atoms with Crippen molar-refractivity contribution in [3.8, 4) is 5.88 Å². The number of benzene rings is 1. The first-order valence-electron chi connectivity index (χ1n) is 9.12. The minimum absolute atomic E-state index is 0.0527. The molecule has 0 unspecified atom stereocenters. The van der Waals surface area contributed by atoms with E-state index in [0.717, 1.165) is 31.7 Å². The number of aliphatic hydroxyl groups excluding tert-OH is 1. The second kappa shape index (κ2) is 6.52. The summed E-state index contributed by atoms with van der Waals surface area (Å²) in [6, 6.07) is 10.5. The fraction of sp³-hybridized carbons (Fsp3) is 0.500. The largest absolute Gasteiger partial charge is 0.481 e. The van der Waals surface area contributed by atoms with Crippen molar-refractivity contribution in [2.24, 2.45) is 0 Å². The molecule has 0 saturated carbocycles. The number of rotatable bonds is 3. The average Bonchev–Trinajstić information content (AvgIpc) is 2.91. The summed E-state index contributed by atoms with van der Waals surface area (Å²) in [7, 11) is 5.71. The maximum Gasteiger partial charge on any atom is 0.218 e. The average molecular weight is 354 g/mol. The number of aromatic nitrogens is 2. The molecule has 6 nitrogen and oxygen atoms in total. The number of hydrogen-bond acceptors (Lipinski definition) is 6. The van der Waals surface area contributed by atoms with Crippen LogP contribution in [-0.4, -0.2) is 60.4 Å². The zero-order valence-corrected chi connectivity index (χ0v) is 15.6. The van der Waals surface area contributed by atoms with Gasteiger partial charge in [-0.15, -0.1) is 0 Å². The highest BCUT2D eigenvalue weighted by atomic mass is 16.5. The summed E-state index contributed by atoms with van der Waals surface area (Å²) in [5, 5.41) is 11.3. The van der Waals surface area contributed by atoms with E-state index >= 15 is 0 Å². The van der Waals surface area contributed by atoms with Crippen LogP contribution >= 0.6 is 0 Å². The molecule has 1 spiro atoms. The van der Waals surface area contributed by atoms with Crippen molar-refractivity contribution in [1.29, 1.82) is 0 Å². The van der Waals surface area contributed by atoms with Crippen LogP contribution in [0.5, 0.6) is 5.88 Å². The van der Waals surface area contributed by atoms with Crippen LogP contribution in [-0.2, 0) is 5.41 Å². The fourth-order valence-electron chi connectivity index (χ4n) is 4.71. The molecule has 1 aliphatic carbocycles. The maximum atomic E-state index is 11.3. The van der Waals surface area contributed by atoms with Gasteiger partial charge in [-0.25, -0.2) is 9.97 Å². The van der Waals surface area contributed by atoms with Gasteiger partial charge in [0.2, 0.25) is 5.88 Å². The first-order valence-corrected chi connectivity index (χ1v) is 9.12. The number of aliphatic hydroxyl groups is 1. The van der Waals surface area contributed by atoms with Crippen molar-refractivity contribution < 1.29 is 9.84 Å². The zero-order chi connectivity index (χ0) is 18.3. The van der Waals surface area contributed by atoms with E-state index in [2.05, 4.69) is 44.0 Å². The van der Waals surface area contributed by atoms with E-state index in [1.165, 1.54) is 11.1 Å². The second-order valence-corrected chi connectivity index (χ2v) is 7.50. The van der Waals surface area contributed by atoms with E-state index in [4.69, 9.17) is 4.74 Å². The van der Waals surface area contributed by atoms with E-state index in [-0.39, 0.29) is 11.5 Å². The number of ether oxygens (including phenoxy) is 1. The Morgan fingerprint density at radius 1 is 1.19 bits per heavy atom. The van der Waals surface area contributed by atoms with Gasteiger partial charge in [-0.1, -0.05) is 24.3 Å². The third-order valence-electron chi connectivity index (χ3n) is 6.05. The summed E-state index contributed by atoms with van der Waals surface area (Å²) in [5.74, 6) is 1.46. The topological polar surface area (TPSA) is 61.7 Å². The smallest absolute Gasteiger partial charge is 0.218 e. The first kappa shape index (κ1) is 17.2. The molecule has 1 aliphatic heterocycles. The van der Waals surface area contributed by atoms with Gasteiger partial charge < -0.3 is 19.6 Å². The SMILES string of the molecule is COc1cc(N2CCC3(CC2)c2ccccc2[C@@H](N(C)C)[C@@H]3O)ncn1. The number of anilines is 1. The zero-order valence-electron chi connectivity index (χ0n) is 15.6. The highest BCUT2D eigenvalue weighted by Gasteiger charge is 2.53. The predicted molar refractivity (Wildman–Crippen MR) is 101 cm³/mol. The fourth-order valence-corrected chi connectivity index (χ4v) is 4.71. The highest BCUT2D eigenvalue weighted by molar-refractivity contribution is 5.48. The third kappa shape index (κ3) is 2.56. The number of piperidine rings is 1. The van der Waals surface area contributed by atoms with Gasteiger partial charge in [-0.05, 0) is 38.1 Å². The van der Waals surface area contributed by atoms with Gasteiger partial charge in [-0.3, -0.25) is 0 Å². The Labute approximate surface area is 154 Å². The van der Waals surface area contributed by atoms with Crippen LogP contribution in [0, 0.1) is 0 Å². The Morgan fingerprint density at radius 2 is 1.92 bits per heavy atom. The van der Waals surface area contributed by atoms with Crippen LogP contribution in [0.1, 0.15) is 30.0 Å². The quantitative estimate of drug-likeness (QED) is 0.910. The van der Waals surface area contributed by atoms with Gasteiger partial charge >= 0.3 is 0 Å². The van der Waals surface area contributed by atoms with E-state index in [0.29, 0.717) is 5.88 Å². The molecule has 2 heterocycles. The van der Waals surface area contributed by atoms with E-state index in [1.54, 1.807) is 13.4 Å². The monoisotopic (exact) mass is 354 g/mol. The minimum atomic E-state index is -0.392. The standard InChI is InChI=1S/C20H26N4O2/c1-23(2)18-14-6-4-5-7-15(14)20(19(18)25)8-10-24(11-9-20)16-12-17(26-3)22-13-21-16/h4-7,12-13,18-19,25H,8-11H2,1-3H3/t18-,19+/m1/s1. The molecule has 2 aromatic rings. The Balaban J connectivity index is 1.62. The number of hydrogen-bond donors (Lipinski definition) is 1. The summed E-state index contributed by atoms with van der Waals surface area (Å²) >= 11 is 0. The Bertz CT molecular complexity index is 787. The molecule has 6 heteroatoms. The lowest BCUT2D eigenvalue weighted by molar-refractivity contribution is 0.0166. The van der Waals surface area contributed by atoms with E-state index in [9.17, 15) is 5.11 Å². The van der Waals surface area contributed by atoms with Crippen LogP contribution in [0.15, 0.2) is 36.7 Å². The molecule has 0 bridgehead atoms. The molecule has 2 atom stereocenters. The number of methoxy groups -OCH3 is 1. The first-order chi connectivity index (χ1) is 12.6. The van der Waals surface area contributed by atoms with Crippen LogP contribution in [0.2, 0.25) is 0 Å². The van der Waals surface area contributed by atoms with Crippen molar-refractivity contribution in [2.45, 2.75) is 30.4 Å². The van der Waals surface area contributed by atoms with Crippen molar-refractivity contribution in [2.75, 3.05) is 39.2 Å². The van der Waals surface area contributed by atoms with Gasteiger partial charge in [0.25, 0.3) is 0 Å². The molecule has 1 N–H and O–H groups in total. The molecular weight excluding hydrogens is 328 g/mol. The molecule has 0 radical (unpaired) electrons. The lowest BCUT2D eigenvalue weighted by Crippen LogP contribution is -2.49. The molecule has 138 valence electrons. The van der Waals surface area contributed by atoms with E-state index < -0.39 is 6.10 Å². The lowest BCUT2D eigenvalue weighted by Gasteiger charge is -2.43. The molecule has 1 aromatic carbocycles. The van der Waals surface area contributed by atoms with Gasteiger partial charge in [0.05, 0.1) is 19.3 Å². The Kier molecular flexibility index (Phi) is 4.32. The third-order valence-corrected chi connectivity index (χ3v) is 6.05. The van der Waals surface area contributed by atoms with Gasteiger partial charge in [0.15, 0.2) is 0 Å². The summed E-state index contributed by atoms with van der Waals surface area (Å²) in [4.78, 5) is 12.9. The molecule has 1 fully saturated rings. The molecule has 1 aromatic heterocycles. The molecule has 2 aliphatic rings. The van der Waals surface area contributed by atoms with Gasteiger partial charge in [0.1, 0.15) is 12.1 Å². The Hall–Kier alpha value is -2.18. The summed E-state index contributed by atoms with van der Waals surface area (Å²) in [6.07, 6.45) is 2.96. The second-order valence-electron chi connectivity index (χ2n) is 7.50. The highest BCUT2D eigenvalue weighted by Crippen LogP contribution is 2.52. The molecule has 4 rings (SSSR count). The molecule has 0 amide bonds. The van der Waals surface area contributed by atoms with Crippen molar-refractivity contribution in [3.63, 3.8) is 0 Å². The van der Waals surface area contributed by atoms with Crippen LogP contribution in [0.3, 0.4) is 0 Å². The van der Waals surface area contributed by atoms with Crippen molar-refractivity contribution in [3.05, 3.63) is 47.8 Å². The summed E-state index contributed by atoms with van der Waals surface area (Å²) in [6.45, 7) is 1.71. The van der Waals surface area contributed by atoms with Gasteiger partial charge in [-0.2, -0.15) is 0 Å². The van der Waals surface area contributed by atoms with Crippen LogP contribution < -0.4 is 9.64 Å². The molecule has 26 heavy (non-hydrogen) atoms. The summed E-state index contributed by atoms with van der Waals surface area (Å²) < 4.78 is 5.22. The van der Waals surface area contributed by atoms with E-state index in [1.807, 2.05) is 20.2 Å². The molecule has 1 saturated heterocycles. The molecular formula is C20H26N4O2. The predicted octanol–water partition coefficient (Wildman–Crippen LogP) is 2.00. The lowest BCUT2D eigenvalue weighted by atomic mass is 9.72. The minimum Gasteiger partial charge on any atom is -0.481 e. The summed E-state index contributed by atoms with van der Waals surface area (Å²) in [5.41, 5.74) is 2.40. The number of nitrogens with zero attached hydrogens (tertiary/aromatic N) is 4.